The van der Waals surface area contributed by atoms with Crippen molar-refractivity contribution < 1.29 is 9.72 Å². The molecule has 4 nitrogen and oxygen atoms in total. The summed E-state index contributed by atoms with van der Waals surface area (Å²) in [7, 11) is 0. The lowest BCUT2D eigenvalue weighted by atomic mass is 10.0. The Labute approximate surface area is 161 Å². The monoisotopic (exact) mass is 377 g/mol. The van der Waals surface area contributed by atoms with E-state index in [9.17, 15) is 14.9 Å². The SMILES string of the molecule is O=C(c1ccccc1)[C@H]1[C@H](c2ccc(Cl)cc2)[C@H]1c1ccc([N+](=O)[O-])cc1. The predicted molar refractivity (Wildman–Crippen MR) is 104 cm³/mol. The van der Waals surface area contributed by atoms with Gasteiger partial charge in [0.15, 0.2) is 5.78 Å². The summed E-state index contributed by atoms with van der Waals surface area (Å²) in [6, 6.07) is 23.3. The molecule has 4 rings (SSSR count). The van der Waals surface area contributed by atoms with Crippen molar-refractivity contribution >= 4 is 23.1 Å². The molecule has 0 heterocycles. The molecule has 0 spiro atoms. The van der Waals surface area contributed by atoms with Crippen LogP contribution >= 0.6 is 11.6 Å². The second-order valence-corrected chi connectivity index (χ2v) is 7.14. The standard InChI is InChI=1S/C22H16ClNO3/c23-17-10-6-14(7-11-17)19-20(15-8-12-18(13-9-15)24(26)27)21(19)22(25)16-4-2-1-3-5-16/h1-13,19-21H/t19-,20-,21+/m1/s1. The molecule has 5 heteroatoms. The zero-order valence-corrected chi connectivity index (χ0v) is 15.0. The number of benzene rings is 3. The molecule has 1 aliphatic carbocycles. The number of hydrogen-bond acceptors (Lipinski definition) is 3. The van der Waals surface area contributed by atoms with E-state index in [0.29, 0.717) is 10.6 Å². The molecule has 0 saturated heterocycles. The lowest BCUT2D eigenvalue weighted by Crippen LogP contribution is -2.04. The second kappa shape index (κ2) is 6.97. The third-order valence-corrected chi connectivity index (χ3v) is 5.38. The summed E-state index contributed by atoms with van der Waals surface area (Å²) < 4.78 is 0. The molecule has 0 aromatic heterocycles. The number of halogens is 1. The summed E-state index contributed by atoms with van der Waals surface area (Å²) in [6.07, 6.45) is 0. The van der Waals surface area contributed by atoms with Crippen molar-refractivity contribution in [2.75, 3.05) is 0 Å². The smallest absolute Gasteiger partial charge is 0.269 e. The van der Waals surface area contributed by atoms with Crippen LogP contribution in [0.3, 0.4) is 0 Å². The van der Waals surface area contributed by atoms with E-state index in [1.165, 1.54) is 12.1 Å². The number of hydrogen-bond donors (Lipinski definition) is 0. The topological polar surface area (TPSA) is 60.2 Å². The Morgan fingerprint density at radius 1 is 0.815 bits per heavy atom. The van der Waals surface area contributed by atoms with Gasteiger partial charge in [-0.15, -0.1) is 0 Å². The lowest BCUT2D eigenvalue weighted by Gasteiger charge is -2.01. The molecule has 0 unspecified atom stereocenters. The summed E-state index contributed by atoms with van der Waals surface area (Å²) in [5, 5.41) is 11.6. The number of carbonyl (C=O) groups excluding carboxylic acids is 1. The Morgan fingerprint density at radius 2 is 1.33 bits per heavy atom. The van der Waals surface area contributed by atoms with Crippen LogP contribution in [0.5, 0.6) is 0 Å². The average molecular weight is 378 g/mol. The molecule has 0 bridgehead atoms. The molecule has 27 heavy (non-hydrogen) atoms. The summed E-state index contributed by atoms with van der Waals surface area (Å²) in [5.74, 6) is -0.0509. The number of nitro benzene ring substituents is 1. The van der Waals surface area contributed by atoms with Crippen molar-refractivity contribution in [2.45, 2.75) is 11.8 Å². The molecular formula is C22H16ClNO3. The van der Waals surface area contributed by atoms with Crippen LogP contribution in [0.25, 0.3) is 0 Å². The number of ketones is 1. The highest BCUT2D eigenvalue weighted by Crippen LogP contribution is 2.61. The first-order valence-corrected chi connectivity index (χ1v) is 9.03. The quantitative estimate of drug-likeness (QED) is 0.329. The van der Waals surface area contributed by atoms with Gasteiger partial charge in [-0.2, -0.15) is 0 Å². The zero-order chi connectivity index (χ0) is 19.0. The predicted octanol–water partition coefficient (Wildman–Crippen LogP) is 5.63. The molecule has 1 aliphatic rings. The fourth-order valence-electron chi connectivity index (χ4n) is 3.76. The van der Waals surface area contributed by atoms with Crippen molar-refractivity contribution in [3.63, 3.8) is 0 Å². The van der Waals surface area contributed by atoms with Crippen molar-refractivity contribution in [3.8, 4) is 0 Å². The van der Waals surface area contributed by atoms with Gasteiger partial charge in [0.05, 0.1) is 4.92 Å². The molecule has 1 fully saturated rings. The van der Waals surface area contributed by atoms with Crippen LogP contribution in [0.15, 0.2) is 78.9 Å². The maximum atomic E-state index is 13.1. The molecule has 3 aromatic rings. The highest BCUT2D eigenvalue weighted by atomic mass is 35.5. The van der Waals surface area contributed by atoms with Crippen molar-refractivity contribution in [1.29, 1.82) is 0 Å². The first-order chi connectivity index (χ1) is 13.1. The van der Waals surface area contributed by atoms with Crippen LogP contribution in [0, 0.1) is 16.0 Å². The Morgan fingerprint density at radius 3 is 1.85 bits per heavy atom. The number of carbonyl (C=O) groups is 1. The Balaban J connectivity index is 1.69. The molecule has 0 amide bonds. The molecule has 0 N–H and O–H groups in total. The van der Waals surface area contributed by atoms with Crippen molar-refractivity contribution in [1.82, 2.24) is 0 Å². The molecule has 134 valence electrons. The summed E-state index contributed by atoms with van der Waals surface area (Å²) in [6.45, 7) is 0. The summed E-state index contributed by atoms with van der Waals surface area (Å²) in [5.41, 5.74) is 2.73. The Bertz CT molecular complexity index is 984. The maximum Gasteiger partial charge on any atom is 0.269 e. The fourth-order valence-corrected chi connectivity index (χ4v) is 3.89. The van der Waals surface area contributed by atoms with E-state index in [0.717, 1.165) is 11.1 Å². The molecule has 0 aliphatic heterocycles. The van der Waals surface area contributed by atoms with Crippen molar-refractivity contribution in [3.05, 3.63) is 111 Å². The first-order valence-electron chi connectivity index (χ1n) is 8.65. The van der Waals surface area contributed by atoms with Gasteiger partial charge in [-0.3, -0.25) is 14.9 Å². The molecule has 3 atom stereocenters. The highest BCUT2D eigenvalue weighted by Gasteiger charge is 2.55. The van der Waals surface area contributed by atoms with Crippen LogP contribution in [0.4, 0.5) is 5.69 Å². The maximum absolute atomic E-state index is 13.1. The van der Waals surface area contributed by atoms with Gasteiger partial charge in [0, 0.05) is 40.5 Å². The van der Waals surface area contributed by atoms with E-state index in [1.54, 1.807) is 12.1 Å². The average Bonchev–Trinajstić information content (AvgIpc) is 3.44. The van der Waals surface area contributed by atoms with Gasteiger partial charge in [0.2, 0.25) is 0 Å². The largest absolute Gasteiger partial charge is 0.294 e. The third kappa shape index (κ3) is 3.36. The van der Waals surface area contributed by atoms with Crippen LogP contribution in [0.1, 0.15) is 33.3 Å². The Kier molecular flexibility index (Phi) is 4.50. The zero-order valence-electron chi connectivity index (χ0n) is 14.3. The minimum Gasteiger partial charge on any atom is -0.294 e. The number of Topliss-reactive ketones (excluding diaryl/α,β-unsaturated/α-hetero) is 1. The van der Waals surface area contributed by atoms with Gasteiger partial charge in [-0.05, 0) is 23.3 Å². The minimum atomic E-state index is -0.417. The van der Waals surface area contributed by atoms with Gasteiger partial charge in [-0.25, -0.2) is 0 Å². The van der Waals surface area contributed by atoms with E-state index in [-0.39, 0.29) is 29.2 Å². The molecular weight excluding hydrogens is 362 g/mol. The molecule has 3 aromatic carbocycles. The Hall–Kier alpha value is -2.98. The van der Waals surface area contributed by atoms with Crippen LogP contribution < -0.4 is 0 Å². The highest BCUT2D eigenvalue weighted by molar-refractivity contribution is 6.30. The number of non-ortho nitro benzene ring substituents is 1. The summed E-state index contributed by atoms with van der Waals surface area (Å²) >= 11 is 6.00. The normalized spacial score (nSPS) is 20.9. The third-order valence-electron chi connectivity index (χ3n) is 5.12. The van der Waals surface area contributed by atoms with E-state index in [2.05, 4.69) is 0 Å². The summed E-state index contributed by atoms with van der Waals surface area (Å²) in [4.78, 5) is 23.6. The van der Waals surface area contributed by atoms with E-state index < -0.39 is 4.92 Å². The number of rotatable bonds is 5. The van der Waals surface area contributed by atoms with Gasteiger partial charge in [0.1, 0.15) is 0 Å². The van der Waals surface area contributed by atoms with E-state index >= 15 is 0 Å². The fraction of sp³-hybridized carbons (Fsp3) is 0.136. The lowest BCUT2D eigenvalue weighted by molar-refractivity contribution is -0.384. The number of nitro groups is 1. The van der Waals surface area contributed by atoms with Crippen LogP contribution in [-0.2, 0) is 0 Å². The second-order valence-electron chi connectivity index (χ2n) is 6.71. The molecule has 0 radical (unpaired) electrons. The van der Waals surface area contributed by atoms with Crippen molar-refractivity contribution in [2.24, 2.45) is 5.92 Å². The van der Waals surface area contributed by atoms with Gasteiger partial charge < -0.3 is 0 Å². The number of nitrogens with zero attached hydrogens (tertiary/aromatic N) is 1. The van der Waals surface area contributed by atoms with Crippen LogP contribution in [-0.4, -0.2) is 10.7 Å². The van der Waals surface area contributed by atoms with Crippen LogP contribution in [0.2, 0.25) is 5.02 Å². The minimum absolute atomic E-state index is 0.000291. The molecule has 1 saturated carbocycles. The van der Waals surface area contributed by atoms with E-state index in [1.807, 2.05) is 54.6 Å². The van der Waals surface area contributed by atoms with Gasteiger partial charge in [0.25, 0.3) is 5.69 Å². The van der Waals surface area contributed by atoms with E-state index in [4.69, 9.17) is 11.6 Å². The van der Waals surface area contributed by atoms with Gasteiger partial charge >= 0.3 is 0 Å². The van der Waals surface area contributed by atoms with Gasteiger partial charge in [-0.1, -0.05) is 66.2 Å². The first kappa shape index (κ1) is 17.4.